The number of hydrogen-bond acceptors (Lipinski definition) is 5. The number of imide groups is 1. The fraction of sp³-hybridized carbons (Fsp3) is 0.235. The van der Waals surface area contributed by atoms with Crippen LogP contribution in [-0.2, 0) is 16.1 Å². The summed E-state index contributed by atoms with van der Waals surface area (Å²) < 4.78 is 5.29. The van der Waals surface area contributed by atoms with Gasteiger partial charge in [0.05, 0.1) is 19.4 Å². The van der Waals surface area contributed by atoms with E-state index in [1.54, 1.807) is 29.2 Å². The quantitative estimate of drug-likeness (QED) is 0.667. The molecule has 4 amide bonds. The van der Waals surface area contributed by atoms with E-state index in [9.17, 15) is 14.4 Å². The number of furan rings is 1. The Morgan fingerprint density at radius 1 is 1.04 bits per heavy atom. The second-order valence-electron chi connectivity index (χ2n) is 5.37. The SMILES string of the molecule is NC(=O)NC(=O)CCN(CC(=O)Nc1ccccc1)Cc1ccco1. The van der Waals surface area contributed by atoms with Gasteiger partial charge in [-0.15, -0.1) is 0 Å². The van der Waals surface area contributed by atoms with Crippen LogP contribution in [0.4, 0.5) is 10.5 Å². The van der Waals surface area contributed by atoms with Crippen molar-refractivity contribution < 1.29 is 18.8 Å². The van der Waals surface area contributed by atoms with Crippen LogP contribution in [0.25, 0.3) is 0 Å². The molecule has 0 unspecified atom stereocenters. The van der Waals surface area contributed by atoms with Gasteiger partial charge in [-0.2, -0.15) is 0 Å². The van der Waals surface area contributed by atoms with Crippen LogP contribution in [-0.4, -0.2) is 35.8 Å². The Hall–Kier alpha value is -3.13. The van der Waals surface area contributed by atoms with E-state index in [0.29, 0.717) is 18.0 Å². The minimum atomic E-state index is -0.899. The second-order valence-corrected chi connectivity index (χ2v) is 5.37. The number of anilines is 1. The molecule has 4 N–H and O–H groups in total. The van der Waals surface area contributed by atoms with Gasteiger partial charge >= 0.3 is 6.03 Å². The van der Waals surface area contributed by atoms with Crippen LogP contribution in [0.5, 0.6) is 0 Å². The Balaban J connectivity index is 1.92. The van der Waals surface area contributed by atoms with Crippen molar-refractivity contribution in [3.8, 4) is 0 Å². The van der Waals surface area contributed by atoms with Crippen molar-refractivity contribution in [2.45, 2.75) is 13.0 Å². The standard InChI is InChI=1S/C17H20N4O4/c18-17(24)20-15(22)8-9-21(11-14-7-4-10-25-14)12-16(23)19-13-5-2-1-3-6-13/h1-7,10H,8-9,11-12H2,(H,19,23)(H3,18,20,22,24). The molecule has 0 atom stereocenters. The molecule has 0 fully saturated rings. The molecule has 8 heteroatoms. The van der Waals surface area contributed by atoms with Crippen molar-refractivity contribution in [2.24, 2.45) is 5.73 Å². The second kappa shape index (κ2) is 9.24. The Morgan fingerprint density at radius 3 is 2.44 bits per heavy atom. The van der Waals surface area contributed by atoms with Crippen LogP contribution in [0.1, 0.15) is 12.2 Å². The topological polar surface area (TPSA) is 118 Å². The van der Waals surface area contributed by atoms with Gasteiger partial charge in [0.2, 0.25) is 11.8 Å². The average Bonchev–Trinajstić information content (AvgIpc) is 3.06. The molecule has 132 valence electrons. The Morgan fingerprint density at radius 2 is 1.80 bits per heavy atom. The van der Waals surface area contributed by atoms with Crippen LogP contribution in [0.15, 0.2) is 53.1 Å². The zero-order valence-electron chi connectivity index (χ0n) is 13.6. The lowest BCUT2D eigenvalue weighted by atomic mass is 10.3. The van der Waals surface area contributed by atoms with Crippen molar-refractivity contribution in [2.75, 3.05) is 18.4 Å². The number of benzene rings is 1. The number of hydrogen-bond donors (Lipinski definition) is 3. The first-order chi connectivity index (χ1) is 12.0. The Bertz CT molecular complexity index is 701. The van der Waals surface area contributed by atoms with Gasteiger partial charge in [-0.1, -0.05) is 18.2 Å². The number of urea groups is 1. The molecule has 0 aliphatic carbocycles. The fourth-order valence-corrected chi connectivity index (χ4v) is 2.22. The average molecular weight is 344 g/mol. The number of carbonyl (C=O) groups is 3. The predicted octanol–water partition coefficient (Wildman–Crippen LogP) is 1.31. The van der Waals surface area contributed by atoms with Crippen LogP contribution in [0, 0.1) is 0 Å². The molecule has 1 heterocycles. The number of nitrogens with two attached hydrogens (primary N) is 1. The minimum Gasteiger partial charge on any atom is -0.468 e. The summed E-state index contributed by atoms with van der Waals surface area (Å²) in [4.78, 5) is 36.2. The van der Waals surface area contributed by atoms with Gasteiger partial charge in [-0.05, 0) is 24.3 Å². The first kappa shape index (κ1) is 18.2. The van der Waals surface area contributed by atoms with E-state index in [1.807, 2.05) is 23.5 Å². The van der Waals surface area contributed by atoms with E-state index < -0.39 is 11.9 Å². The molecule has 8 nitrogen and oxygen atoms in total. The van der Waals surface area contributed by atoms with E-state index in [-0.39, 0.29) is 25.4 Å². The van der Waals surface area contributed by atoms with Gasteiger partial charge in [0.25, 0.3) is 0 Å². The number of nitrogens with zero attached hydrogens (tertiary/aromatic N) is 1. The largest absolute Gasteiger partial charge is 0.468 e. The van der Waals surface area contributed by atoms with Crippen molar-refractivity contribution in [3.05, 3.63) is 54.5 Å². The van der Waals surface area contributed by atoms with Gasteiger partial charge in [-0.3, -0.25) is 19.8 Å². The third kappa shape index (κ3) is 6.88. The number of carbonyl (C=O) groups excluding carboxylic acids is 3. The molecule has 0 radical (unpaired) electrons. The third-order valence-corrected chi connectivity index (χ3v) is 3.30. The molecule has 0 aliphatic heterocycles. The minimum absolute atomic E-state index is 0.0300. The van der Waals surface area contributed by atoms with E-state index in [4.69, 9.17) is 10.2 Å². The lowest BCUT2D eigenvalue weighted by Gasteiger charge is -2.20. The monoisotopic (exact) mass is 344 g/mol. The van der Waals surface area contributed by atoms with E-state index in [2.05, 4.69) is 5.32 Å². The number of primary amides is 1. The van der Waals surface area contributed by atoms with Crippen LogP contribution < -0.4 is 16.4 Å². The summed E-state index contributed by atoms with van der Waals surface area (Å²) >= 11 is 0. The highest BCUT2D eigenvalue weighted by molar-refractivity contribution is 5.94. The van der Waals surface area contributed by atoms with Crippen molar-refractivity contribution in [1.82, 2.24) is 10.2 Å². The Labute approximate surface area is 145 Å². The molecule has 25 heavy (non-hydrogen) atoms. The summed E-state index contributed by atoms with van der Waals surface area (Å²) in [5, 5.41) is 4.79. The van der Waals surface area contributed by atoms with Crippen LogP contribution >= 0.6 is 0 Å². The van der Waals surface area contributed by atoms with E-state index in [0.717, 1.165) is 0 Å². The normalized spacial score (nSPS) is 10.4. The van der Waals surface area contributed by atoms with Gasteiger partial charge in [0.15, 0.2) is 0 Å². The zero-order chi connectivity index (χ0) is 18.1. The highest BCUT2D eigenvalue weighted by Crippen LogP contribution is 2.08. The molecule has 1 aromatic heterocycles. The summed E-state index contributed by atoms with van der Waals surface area (Å²) in [6, 6.07) is 11.7. The Kier molecular flexibility index (Phi) is 6.73. The highest BCUT2D eigenvalue weighted by Gasteiger charge is 2.15. The maximum Gasteiger partial charge on any atom is 0.318 e. The lowest BCUT2D eigenvalue weighted by Crippen LogP contribution is -2.39. The molecule has 2 aromatic rings. The molecular formula is C17H20N4O4. The van der Waals surface area contributed by atoms with Gasteiger partial charge in [0.1, 0.15) is 5.76 Å². The van der Waals surface area contributed by atoms with Crippen LogP contribution in [0.3, 0.4) is 0 Å². The molecule has 2 rings (SSSR count). The number of rotatable bonds is 8. The maximum absolute atomic E-state index is 12.2. The van der Waals surface area contributed by atoms with Crippen molar-refractivity contribution >= 4 is 23.5 Å². The molecule has 1 aromatic carbocycles. The number of para-hydroxylation sites is 1. The lowest BCUT2D eigenvalue weighted by molar-refractivity contribution is -0.121. The van der Waals surface area contributed by atoms with E-state index in [1.165, 1.54) is 6.26 Å². The summed E-state index contributed by atoms with van der Waals surface area (Å²) in [6.45, 7) is 0.695. The molecule has 0 saturated heterocycles. The summed E-state index contributed by atoms with van der Waals surface area (Å²) in [7, 11) is 0. The maximum atomic E-state index is 12.2. The van der Waals surface area contributed by atoms with Gasteiger partial charge in [0, 0.05) is 18.7 Å². The number of nitrogens with one attached hydrogen (secondary N) is 2. The summed E-state index contributed by atoms with van der Waals surface area (Å²) in [6.07, 6.45) is 1.57. The highest BCUT2D eigenvalue weighted by atomic mass is 16.3. The van der Waals surface area contributed by atoms with Gasteiger partial charge < -0.3 is 15.5 Å². The van der Waals surface area contributed by atoms with Gasteiger partial charge in [-0.25, -0.2) is 4.79 Å². The molecule has 0 saturated carbocycles. The van der Waals surface area contributed by atoms with Crippen molar-refractivity contribution in [1.29, 1.82) is 0 Å². The van der Waals surface area contributed by atoms with E-state index >= 15 is 0 Å². The fourth-order valence-electron chi connectivity index (χ4n) is 2.22. The molecule has 0 bridgehead atoms. The van der Waals surface area contributed by atoms with Crippen LogP contribution in [0.2, 0.25) is 0 Å². The molecule has 0 aliphatic rings. The predicted molar refractivity (Wildman–Crippen MR) is 91.4 cm³/mol. The summed E-state index contributed by atoms with van der Waals surface area (Å²) in [5.41, 5.74) is 5.60. The zero-order valence-corrected chi connectivity index (χ0v) is 13.6. The number of amides is 4. The van der Waals surface area contributed by atoms with Crippen molar-refractivity contribution in [3.63, 3.8) is 0 Å². The summed E-state index contributed by atoms with van der Waals surface area (Å²) in [5.74, 6) is -0.0451. The third-order valence-electron chi connectivity index (χ3n) is 3.30. The first-order valence-corrected chi connectivity index (χ1v) is 7.72. The molecule has 0 spiro atoms. The first-order valence-electron chi connectivity index (χ1n) is 7.72. The molecular weight excluding hydrogens is 324 g/mol. The smallest absolute Gasteiger partial charge is 0.318 e.